The van der Waals surface area contributed by atoms with Crippen molar-refractivity contribution < 1.29 is 13.7 Å². The lowest BCUT2D eigenvalue weighted by atomic mass is 10.2. The van der Waals surface area contributed by atoms with Gasteiger partial charge in [0.25, 0.3) is 0 Å². The van der Waals surface area contributed by atoms with Crippen molar-refractivity contribution in [3.63, 3.8) is 0 Å². The molecule has 0 fully saturated rings. The lowest BCUT2D eigenvalue weighted by molar-refractivity contribution is -0.142. The van der Waals surface area contributed by atoms with Crippen molar-refractivity contribution in [2.24, 2.45) is 0 Å². The first kappa shape index (κ1) is 19.3. The van der Waals surface area contributed by atoms with Crippen LogP contribution in [-0.2, 0) is 15.7 Å². The maximum Gasteiger partial charge on any atom is 0.192 e. The van der Waals surface area contributed by atoms with E-state index in [4.69, 9.17) is 9.26 Å². The van der Waals surface area contributed by atoms with Crippen LogP contribution in [0.3, 0.4) is 0 Å². The fourth-order valence-electron chi connectivity index (χ4n) is 1.68. The lowest BCUT2D eigenvalue weighted by Crippen LogP contribution is -2.42. The minimum atomic E-state index is -1.68. The van der Waals surface area contributed by atoms with Crippen LogP contribution in [0, 0.1) is 5.82 Å². The van der Waals surface area contributed by atoms with Crippen LogP contribution >= 0.6 is 0 Å². The maximum atomic E-state index is 12.8. The minimum Gasteiger partial charge on any atom is -0.415 e. The van der Waals surface area contributed by atoms with E-state index in [0.29, 0.717) is 13.2 Å². The molecular weight excluding hydrogens is 297 g/mol. The van der Waals surface area contributed by atoms with Crippen molar-refractivity contribution in [1.29, 1.82) is 0 Å². The summed E-state index contributed by atoms with van der Waals surface area (Å²) in [5.41, 5.74) is 1.08. The molecule has 1 rings (SSSR count). The third kappa shape index (κ3) is 6.56. The number of hydrogen-bond donors (Lipinski definition) is 0. The van der Waals surface area contributed by atoms with E-state index in [1.54, 1.807) is 12.1 Å². The van der Waals surface area contributed by atoms with E-state index < -0.39 is 8.32 Å². The number of nitrogens with zero attached hydrogens (tertiary/aromatic N) is 1. The molecule has 0 spiro atoms. The molecule has 22 heavy (non-hydrogen) atoms. The van der Waals surface area contributed by atoms with Crippen LogP contribution in [0.25, 0.3) is 0 Å². The summed E-state index contributed by atoms with van der Waals surface area (Å²) in [6.45, 7) is 13.2. The standard InChI is InChI=1S/C17H30FNO2Si/c1-17(2,3)22(5,6)21-14-12-19(4)20-13-11-15-7-9-16(18)10-8-15/h7-10H,11-14H2,1-6H3. The first-order valence-electron chi connectivity index (χ1n) is 7.84. The number of hydroxylamine groups is 2. The van der Waals surface area contributed by atoms with Crippen LogP contribution in [0.2, 0.25) is 18.1 Å². The zero-order chi connectivity index (χ0) is 16.8. The molecular formula is C17H30FNO2Si. The Morgan fingerprint density at radius 1 is 1.09 bits per heavy atom. The summed E-state index contributed by atoms with van der Waals surface area (Å²) in [6, 6.07) is 6.54. The molecule has 0 N–H and O–H groups in total. The second-order valence-electron chi connectivity index (χ2n) is 7.17. The quantitative estimate of drug-likeness (QED) is 0.526. The minimum absolute atomic E-state index is 0.204. The number of rotatable bonds is 8. The van der Waals surface area contributed by atoms with E-state index in [0.717, 1.165) is 18.5 Å². The van der Waals surface area contributed by atoms with E-state index in [-0.39, 0.29) is 10.9 Å². The van der Waals surface area contributed by atoms with Gasteiger partial charge in [-0.3, -0.25) is 4.84 Å². The van der Waals surface area contributed by atoms with Crippen LogP contribution in [0.4, 0.5) is 4.39 Å². The molecule has 126 valence electrons. The van der Waals surface area contributed by atoms with Crippen LogP contribution in [0.5, 0.6) is 0 Å². The fraction of sp³-hybridized carbons (Fsp3) is 0.647. The highest BCUT2D eigenvalue weighted by molar-refractivity contribution is 6.74. The molecule has 0 aliphatic carbocycles. The number of hydrogen-bond acceptors (Lipinski definition) is 3. The lowest BCUT2D eigenvalue weighted by Gasteiger charge is -2.36. The van der Waals surface area contributed by atoms with Crippen molar-refractivity contribution in [1.82, 2.24) is 5.06 Å². The topological polar surface area (TPSA) is 21.7 Å². The zero-order valence-electron chi connectivity index (χ0n) is 14.8. The number of likely N-dealkylation sites (N-methyl/N-ethyl adjacent to an activating group) is 1. The molecule has 0 unspecified atom stereocenters. The summed E-state index contributed by atoms with van der Waals surface area (Å²) in [5, 5.41) is 2.05. The molecule has 0 amide bonds. The van der Waals surface area contributed by atoms with E-state index >= 15 is 0 Å². The van der Waals surface area contributed by atoms with Crippen molar-refractivity contribution in [2.45, 2.75) is 45.3 Å². The maximum absolute atomic E-state index is 12.8. The monoisotopic (exact) mass is 327 g/mol. The van der Waals surface area contributed by atoms with Gasteiger partial charge in [0.2, 0.25) is 0 Å². The normalized spacial score (nSPS) is 12.9. The number of benzene rings is 1. The highest BCUT2D eigenvalue weighted by Crippen LogP contribution is 2.36. The Labute approximate surface area is 135 Å². The molecule has 1 aromatic carbocycles. The zero-order valence-corrected chi connectivity index (χ0v) is 15.8. The van der Waals surface area contributed by atoms with Gasteiger partial charge in [-0.25, -0.2) is 4.39 Å². The van der Waals surface area contributed by atoms with Gasteiger partial charge in [-0.15, -0.1) is 0 Å². The molecule has 3 nitrogen and oxygen atoms in total. The van der Waals surface area contributed by atoms with Gasteiger partial charge in [0.1, 0.15) is 5.82 Å². The van der Waals surface area contributed by atoms with E-state index in [9.17, 15) is 4.39 Å². The largest absolute Gasteiger partial charge is 0.415 e. The second-order valence-corrected chi connectivity index (χ2v) is 12.0. The predicted octanol–water partition coefficient (Wildman–Crippen LogP) is 4.25. The Kier molecular flexibility index (Phi) is 7.19. The van der Waals surface area contributed by atoms with Crippen LogP contribution in [0.1, 0.15) is 26.3 Å². The van der Waals surface area contributed by atoms with Gasteiger partial charge in [0.15, 0.2) is 8.32 Å². The second kappa shape index (κ2) is 8.20. The summed E-state index contributed by atoms with van der Waals surface area (Å²) < 4.78 is 18.9. The van der Waals surface area contributed by atoms with Crippen molar-refractivity contribution in [3.8, 4) is 0 Å². The predicted molar refractivity (Wildman–Crippen MR) is 91.8 cm³/mol. The van der Waals surface area contributed by atoms with Crippen molar-refractivity contribution >= 4 is 8.32 Å². The first-order chi connectivity index (χ1) is 10.1. The molecule has 0 saturated carbocycles. The Morgan fingerprint density at radius 2 is 1.68 bits per heavy atom. The Hall–Kier alpha value is -0.753. The molecule has 0 aliphatic heterocycles. The molecule has 0 heterocycles. The summed E-state index contributed by atoms with van der Waals surface area (Å²) in [7, 11) is 0.238. The SMILES string of the molecule is CN(CCO[Si](C)(C)C(C)(C)C)OCCc1ccc(F)cc1. The first-order valence-corrected chi connectivity index (χ1v) is 10.7. The smallest absolute Gasteiger partial charge is 0.192 e. The Morgan fingerprint density at radius 3 is 2.23 bits per heavy atom. The third-order valence-electron chi connectivity index (χ3n) is 4.29. The summed E-state index contributed by atoms with van der Waals surface area (Å²) in [6.07, 6.45) is 0.772. The third-order valence-corrected chi connectivity index (χ3v) is 8.83. The summed E-state index contributed by atoms with van der Waals surface area (Å²) in [5.74, 6) is -0.204. The van der Waals surface area contributed by atoms with Gasteiger partial charge in [-0.1, -0.05) is 32.9 Å². The molecule has 0 atom stereocenters. The van der Waals surface area contributed by atoms with Gasteiger partial charge in [0.05, 0.1) is 6.61 Å². The van der Waals surface area contributed by atoms with Crippen LogP contribution in [0.15, 0.2) is 24.3 Å². The highest BCUT2D eigenvalue weighted by atomic mass is 28.4. The number of halogens is 1. The fourth-order valence-corrected chi connectivity index (χ4v) is 2.72. The molecule has 1 aromatic rings. The highest BCUT2D eigenvalue weighted by Gasteiger charge is 2.36. The Balaban J connectivity index is 2.21. The summed E-state index contributed by atoms with van der Waals surface area (Å²) >= 11 is 0. The Bertz CT molecular complexity index is 443. The van der Waals surface area contributed by atoms with Crippen molar-refractivity contribution in [2.75, 3.05) is 26.8 Å². The van der Waals surface area contributed by atoms with Crippen molar-refractivity contribution in [3.05, 3.63) is 35.6 Å². The van der Waals surface area contributed by atoms with E-state index in [2.05, 4.69) is 33.9 Å². The van der Waals surface area contributed by atoms with Gasteiger partial charge in [0, 0.05) is 20.2 Å². The van der Waals surface area contributed by atoms with Crippen LogP contribution < -0.4 is 0 Å². The average Bonchev–Trinajstić information content (AvgIpc) is 2.39. The van der Waals surface area contributed by atoms with Gasteiger partial charge in [-0.2, -0.15) is 5.06 Å². The van der Waals surface area contributed by atoms with E-state index in [1.807, 2.05) is 12.1 Å². The average molecular weight is 328 g/mol. The molecule has 0 aromatic heterocycles. The molecule has 5 heteroatoms. The molecule has 0 radical (unpaired) electrons. The van der Waals surface area contributed by atoms with Crippen LogP contribution in [-0.4, -0.2) is 40.2 Å². The molecule has 0 bridgehead atoms. The molecule has 0 saturated heterocycles. The van der Waals surface area contributed by atoms with Gasteiger partial charge >= 0.3 is 0 Å². The van der Waals surface area contributed by atoms with Gasteiger partial charge < -0.3 is 4.43 Å². The summed E-state index contributed by atoms with van der Waals surface area (Å²) in [4.78, 5) is 5.65. The molecule has 0 aliphatic rings. The van der Waals surface area contributed by atoms with Gasteiger partial charge in [-0.05, 0) is 42.2 Å². The van der Waals surface area contributed by atoms with E-state index in [1.165, 1.54) is 12.1 Å².